The van der Waals surface area contributed by atoms with E-state index >= 15 is 0 Å². The molecule has 0 saturated carbocycles. The summed E-state index contributed by atoms with van der Waals surface area (Å²) in [5.41, 5.74) is 2.04. The summed E-state index contributed by atoms with van der Waals surface area (Å²) in [6.07, 6.45) is 4.66. The highest BCUT2D eigenvalue weighted by Gasteiger charge is 2.12. The third-order valence-electron chi connectivity index (χ3n) is 2.97. The molecular formula is C19H20O3. The van der Waals surface area contributed by atoms with Crippen LogP contribution in [0.4, 0.5) is 0 Å². The molecule has 1 atom stereocenters. The fraction of sp³-hybridized carbons (Fsp3) is 0.105. The van der Waals surface area contributed by atoms with E-state index < -0.39 is 11.9 Å². The monoisotopic (exact) mass is 296 g/mol. The Morgan fingerprint density at radius 1 is 1.05 bits per heavy atom. The van der Waals surface area contributed by atoms with Gasteiger partial charge < -0.3 is 10.2 Å². The molecule has 0 fully saturated rings. The van der Waals surface area contributed by atoms with Crippen LogP contribution in [0.2, 0.25) is 0 Å². The van der Waals surface area contributed by atoms with Crippen molar-refractivity contribution in [3.05, 3.63) is 90.7 Å². The minimum atomic E-state index is -0.821. The van der Waals surface area contributed by atoms with Crippen molar-refractivity contribution in [1.29, 1.82) is 0 Å². The number of aliphatic carboxylic acids is 1. The molecular weight excluding hydrogens is 276 g/mol. The summed E-state index contributed by atoms with van der Waals surface area (Å²) < 4.78 is 0. The summed E-state index contributed by atoms with van der Waals surface area (Å²) in [5.74, 6) is -1.30. The Morgan fingerprint density at radius 3 is 2.05 bits per heavy atom. The zero-order chi connectivity index (χ0) is 16.2. The summed E-state index contributed by atoms with van der Waals surface area (Å²) in [4.78, 5) is 10.7. The Bertz CT molecular complexity index is 589. The van der Waals surface area contributed by atoms with E-state index in [-0.39, 0.29) is 0 Å². The molecule has 0 aliphatic carbocycles. The van der Waals surface area contributed by atoms with Crippen molar-refractivity contribution < 1.29 is 15.0 Å². The quantitative estimate of drug-likeness (QED) is 0.637. The maximum absolute atomic E-state index is 10.7. The Balaban J connectivity index is 0.000000235. The lowest BCUT2D eigenvalue weighted by Gasteiger charge is -2.06. The van der Waals surface area contributed by atoms with Crippen LogP contribution < -0.4 is 0 Å². The van der Waals surface area contributed by atoms with E-state index in [4.69, 9.17) is 10.2 Å². The number of carboxylic acids is 1. The number of aliphatic hydroxyl groups excluding tert-OH is 1. The molecule has 0 heterocycles. The molecule has 0 aliphatic rings. The molecule has 2 aromatic rings. The smallest absolute Gasteiger partial charge is 0.310 e. The minimum Gasteiger partial charge on any atom is -0.516 e. The van der Waals surface area contributed by atoms with Gasteiger partial charge >= 0.3 is 5.97 Å². The van der Waals surface area contributed by atoms with Gasteiger partial charge in [-0.2, -0.15) is 0 Å². The molecule has 0 aromatic heterocycles. The SMILES string of the molecule is C=CC(Cc1ccccc1)C(=O)O.OC=Cc1ccccc1. The topological polar surface area (TPSA) is 57.5 Å². The molecule has 114 valence electrons. The molecule has 22 heavy (non-hydrogen) atoms. The number of rotatable bonds is 5. The average Bonchev–Trinajstić information content (AvgIpc) is 2.55. The minimum absolute atomic E-state index is 0.484. The first-order chi connectivity index (χ1) is 10.7. The first kappa shape index (κ1) is 17.2. The highest BCUT2D eigenvalue weighted by molar-refractivity contribution is 5.72. The number of carbonyl (C=O) groups is 1. The zero-order valence-corrected chi connectivity index (χ0v) is 12.3. The van der Waals surface area contributed by atoms with Crippen molar-refractivity contribution in [1.82, 2.24) is 0 Å². The van der Waals surface area contributed by atoms with Gasteiger partial charge in [-0.3, -0.25) is 4.79 Å². The van der Waals surface area contributed by atoms with Gasteiger partial charge in [0.15, 0.2) is 0 Å². The Morgan fingerprint density at radius 2 is 1.59 bits per heavy atom. The van der Waals surface area contributed by atoms with Gasteiger partial charge in [-0.05, 0) is 23.6 Å². The van der Waals surface area contributed by atoms with E-state index in [2.05, 4.69) is 6.58 Å². The molecule has 3 heteroatoms. The summed E-state index contributed by atoms with van der Waals surface area (Å²) in [6, 6.07) is 19.2. The lowest BCUT2D eigenvalue weighted by molar-refractivity contribution is -0.140. The number of hydrogen-bond acceptors (Lipinski definition) is 2. The molecule has 0 spiro atoms. The molecule has 3 nitrogen and oxygen atoms in total. The van der Waals surface area contributed by atoms with E-state index in [0.29, 0.717) is 6.42 Å². The first-order valence-electron chi connectivity index (χ1n) is 6.92. The van der Waals surface area contributed by atoms with Crippen LogP contribution in [0.5, 0.6) is 0 Å². The third-order valence-corrected chi connectivity index (χ3v) is 2.97. The number of hydrogen-bond donors (Lipinski definition) is 2. The highest BCUT2D eigenvalue weighted by Crippen LogP contribution is 2.09. The summed E-state index contributed by atoms with van der Waals surface area (Å²) in [7, 11) is 0. The number of aliphatic hydroxyl groups is 1. The first-order valence-corrected chi connectivity index (χ1v) is 6.92. The molecule has 2 N–H and O–H groups in total. The molecule has 0 saturated heterocycles. The molecule has 1 unspecified atom stereocenters. The van der Waals surface area contributed by atoms with Crippen molar-refractivity contribution in [2.45, 2.75) is 6.42 Å². The molecule has 2 aromatic carbocycles. The predicted molar refractivity (Wildman–Crippen MR) is 89.6 cm³/mol. The van der Waals surface area contributed by atoms with E-state index in [1.54, 1.807) is 6.08 Å². The second-order valence-corrected chi connectivity index (χ2v) is 4.60. The van der Waals surface area contributed by atoms with Crippen LogP contribution >= 0.6 is 0 Å². The lowest BCUT2D eigenvalue weighted by atomic mass is 10.00. The summed E-state index contributed by atoms with van der Waals surface area (Å²) in [5, 5.41) is 17.1. The highest BCUT2D eigenvalue weighted by atomic mass is 16.4. The van der Waals surface area contributed by atoms with Gasteiger partial charge in [0.2, 0.25) is 0 Å². The van der Waals surface area contributed by atoms with Crippen LogP contribution in [0.1, 0.15) is 11.1 Å². The van der Waals surface area contributed by atoms with E-state index in [1.807, 2.05) is 60.7 Å². The van der Waals surface area contributed by atoms with Crippen LogP contribution in [0.15, 0.2) is 79.6 Å². The van der Waals surface area contributed by atoms with Crippen molar-refractivity contribution in [3.8, 4) is 0 Å². The fourth-order valence-electron chi connectivity index (χ4n) is 1.79. The van der Waals surface area contributed by atoms with Gasteiger partial charge in [0.1, 0.15) is 0 Å². The maximum atomic E-state index is 10.7. The molecule has 0 aliphatic heterocycles. The zero-order valence-electron chi connectivity index (χ0n) is 12.3. The largest absolute Gasteiger partial charge is 0.516 e. The van der Waals surface area contributed by atoms with Gasteiger partial charge in [-0.25, -0.2) is 0 Å². The maximum Gasteiger partial charge on any atom is 0.310 e. The number of benzene rings is 2. The van der Waals surface area contributed by atoms with Crippen molar-refractivity contribution in [2.24, 2.45) is 5.92 Å². The molecule has 2 rings (SSSR count). The van der Waals surface area contributed by atoms with Crippen LogP contribution in [0, 0.1) is 5.92 Å². The predicted octanol–water partition coefficient (Wildman–Crippen LogP) is 4.33. The fourth-order valence-corrected chi connectivity index (χ4v) is 1.79. The molecule has 0 radical (unpaired) electrons. The van der Waals surface area contributed by atoms with Crippen LogP contribution in [-0.2, 0) is 11.2 Å². The van der Waals surface area contributed by atoms with Gasteiger partial charge in [0.25, 0.3) is 0 Å². The summed E-state index contributed by atoms with van der Waals surface area (Å²) >= 11 is 0. The lowest BCUT2D eigenvalue weighted by Crippen LogP contribution is -2.13. The number of carboxylic acid groups (broad SMARTS) is 1. The van der Waals surface area contributed by atoms with Crippen LogP contribution in [-0.4, -0.2) is 16.2 Å². The molecule has 0 bridgehead atoms. The van der Waals surface area contributed by atoms with Gasteiger partial charge in [0, 0.05) is 0 Å². The Hall–Kier alpha value is -2.81. The van der Waals surface area contributed by atoms with Crippen molar-refractivity contribution >= 4 is 12.0 Å². The van der Waals surface area contributed by atoms with Crippen molar-refractivity contribution in [3.63, 3.8) is 0 Å². The Kier molecular flexibility index (Phi) is 7.83. The second kappa shape index (κ2) is 10.00. The average molecular weight is 296 g/mol. The van der Waals surface area contributed by atoms with Gasteiger partial charge in [-0.15, -0.1) is 6.58 Å². The normalized spacial score (nSPS) is 11.3. The van der Waals surface area contributed by atoms with E-state index in [9.17, 15) is 4.79 Å². The van der Waals surface area contributed by atoms with Gasteiger partial charge in [-0.1, -0.05) is 66.7 Å². The Labute approximate surface area is 130 Å². The third kappa shape index (κ3) is 6.57. The standard InChI is InChI=1S/C11H12O2.C8H8O/c1-2-10(11(12)13)8-9-6-4-3-5-7-9;9-7-6-8-4-2-1-3-5-8/h2-7,10H,1,8H2,(H,12,13);1-7,9H. The van der Waals surface area contributed by atoms with E-state index in [1.165, 1.54) is 6.08 Å². The van der Waals surface area contributed by atoms with Gasteiger partial charge in [0.05, 0.1) is 12.2 Å². The second-order valence-electron chi connectivity index (χ2n) is 4.60. The van der Waals surface area contributed by atoms with E-state index in [0.717, 1.165) is 17.4 Å². The van der Waals surface area contributed by atoms with Crippen LogP contribution in [0.25, 0.3) is 6.08 Å². The summed E-state index contributed by atoms with van der Waals surface area (Å²) in [6.45, 7) is 3.50. The van der Waals surface area contributed by atoms with Crippen LogP contribution in [0.3, 0.4) is 0 Å². The van der Waals surface area contributed by atoms with Crippen molar-refractivity contribution in [2.75, 3.05) is 0 Å². The molecule has 0 amide bonds.